The van der Waals surface area contributed by atoms with E-state index in [9.17, 15) is 18.3 Å². The lowest BCUT2D eigenvalue weighted by Crippen LogP contribution is -2.37. The minimum absolute atomic E-state index is 0.131. The molecule has 1 aromatic rings. The monoisotopic (exact) mass is 299 g/mol. The molecule has 0 bridgehead atoms. The van der Waals surface area contributed by atoms with Gasteiger partial charge in [0.05, 0.1) is 17.9 Å². The van der Waals surface area contributed by atoms with Gasteiger partial charge in [0, 0.05) is 12.6 Å². The number of rotatable bonds is 5. The molecule has 0 aromatic heterocycles. The second kappa shape index (κ2) is 5.90. The molecule has 0 saturated carbocycles. The Kier molecular flexibility index (Phi) is 4.42. The summed E-state index contributed by atoms with van der Waals surface area (Å²) in [5.74, 6) is -0.958. The Morgan fingerprint density at radius 2 is 1.95 bits per heavy atom. The van der Waals surface area contributed by atoms with E-state index in [4.69, 9.17) is 5.11 Å². The lowest BCUT2D eigenvalue weighted by molar-refractivity contribution is -0.136. The van der Waals surface area contributed by atoms with Gasteiger partial charge in [-0.25, -0.2) is 8.42 Å². The predicted molar refractivity (Wildman–Crippen MR) is 71.8 cm³/mol. The zero-order valence-corrected chi connectivity index (χ0v) is 11.7. The van der Waals surface area contributed by atoms with Crippen LogP contribution in [0.25, 0.3) is 0 Å². The van der Waals surface area contributed by atoms with E-state index in [0.717, 1.165) is 6.42 Å². The van der Waals surface area contributed by atoms with Gasteiger partial charge < -0.3 is 10.2 Å². The largest absolute Gasteiger partial charge is 0.481 e. The summed E-state index contributed by atoms with van der Waals surface area (Å²) in [4.78, 5) is 10.7. The summed E-state index contributed by atoms with van der Waals surface area (Å²) in [7, 11) is -3.62. The number of carboxylic acid groups (broad SMARTS) is 1. The maximum atomic E-state index is 12.4. The summed E-state index contributed by atoms with van der Waals surface area (Å²) in [6, 6.07) is 5.48. The molecular formula is C13H17NO5S. The van der Waals surface area contributed by atoms with Gasteiger partial charge in [0.15, 0.2) is 0 Å². The number of hydrogen-bond donors (Lipinski definition) is 2. The highest BCUT2D eigenvalue weighted by Gasteiger charge is 2.34. The van der Waals surface area contributed by atoms with E-state index < -0.39 is 16.0 Å². The minimum Gasteiger partial charge on any atom is -0.481 e. The van der Waals surface area contributed by atoms with Crippen molar-refractivity contribution in [2.24, 2.45) is 0 Å². The molecule has 0 amide bonds. The molecule has 1 aromatic carbocycles. The SMILES string of the molecule is O=C(O)Cc1ccc(S(=O)(=O)N2CCC[C@@H]2CO)cc1. The molecule has 2 N–H and O–H groups in total. The molecule has 1 heterocycles. The molecule has 0 radical (unpaired) electrons. The molecule has 6 nitrogen and oxygen atoms in total. The van der Waals surface area contributed by atoms with Crippen LogP contribution in [0.1, 0.15) is 18.4 Å². The third-order valence-electron chi connectivity index (χ3n) is 3.42. The summed E-state index contributed by atoms with van der Waals surface area (Å²) >= 11 is 0. The lowest BCUT2D eigenvalue weighted by atomic mass is 10.2. The standard InChI is InChI=1S/C13H17NO5S/c15-9-11-2-1-7-14(11)20(18,19)12-5-3-10(4-6-12)8-13(16)17/h3-6,11,15H,1-2,7-9H2,(H,16,17)/t11-/m1/s1. The predicted octanol–water partition coefficient (Wildman–Crippen LogP) is 0.459. The molecule has 0 aliphatic carbocycles. The van der Waals surface area contributed by atoms with Gasteiger partial charge >= 0.3 is 5.97 Å². The summed E-state index contributed by atoms with van der Waals surface area (Å²) in [5, 5.41) is 17.9. The average molecular weight is 299 g/mol. The summed E-state index contributed by atoms with van der Waals surface area (Å²) in [6.07, 6.45) is 1.26. The fourth-order valence-corrected chi connectivity index (χ4v) is 4.08. The van der Waals surface area contributed by atoms with Crippen molar-refractivity contribution in [3.05, 3.63) is 29.8 Å². The summed E-state index contributed by atoms with van der Waals surface area (Å²) in [6.45, 7) is 0.223. The highest BCUT2D eigenvalue weighted by molar-refractivity contribution is 7.89. The molecule has 1 aliphatic rings. The molecule has 0 unspecified atom stereocenters. The van der Waals surface area contributed by atoms with Gasteiger partial charge in [0.1, 0.15) is 0 Å². The van der Waals surface area contributed by atoms with Crippen molar-refractivity contribution in [2.45, 2.75) is 30.2 Å². The maximum absolute atomic E-state index is 12.4. The van der Waals surface area contributed by atoms with Crippen LogP contribution in [-0.4, -0.2) is 48.1 Å². The smallest absolute Gasteiger partial charge is 0.307 e. The van der Waals surface area contributed by atoms with Gasteiger partial charge in [0.25, 0.3) is 0 Å². The van der Waals surface area contributed by atoms with Crippen molar-refractivity contribution in [3.8, 4) is 0 Å². The van der Waals surface area contributed by atoms with Gasteiger partial charge in [-0.05, 0) is 30.5 Å². The van der Waals surface area contributed by atoms with Crippen molar-refractivity contribution in [1.29, 1.82) is 0 Å². The summed E-state index contributed by atoms with van der Waals surface area (Å²) in [5.41, 5.74) is 0.552. The van der Waals surface area contributed by atoms with E-state index in [1.807, 2.05) is 0 Å². The van der Waals surface area contributed by atoms with Gasteiger partial charge in [-0.2, -0.15) is 4.31 Å². The van der Waals surface area contributed by atoms with E-state index in [1.165, 1.54) is 28.6 Å². The zero-order valence-electron chi connectivity index (χ0n) is 10.9. The van der Waals surface area contributed by atoms with Gasteiger partial charge in [-0.3, -0.25) is 4.79 Å². The highest BCUT2D eigenvalue weighted by Crippen LogP contribution is 2.25. The molecule has 1 fully saturated rings. The van der Waals surface area contributed by atoms with Gasteiger partial charge in [-0.1, -0.05) is 12.1 Å². The van der Waals surface area contributed by atoms with Crippen molar-refractivity contribution in [3.63, 3.8) is 0 Å². The Hall–Kier alpha value is -1.44. The first-order valence-corrected chi connectivity index (χ1v) is 7.82. The molecule has 1 aliphatic heterocycles. The number of aliphatic hydroxyl groups excluding tert-OH is 1. The number of nitrogens with zero attached hydrogens (tertiary/aromatic N) is 1. The van der Waals surface area contributed by atoms with E-state index in [1.54, 1.807) is 0 Å². The van der Waals surface area contributed by atoms with Crippen molar-refractivity contribution in [2.75, 3.05) is 13.2 Å². The molecule has 20 heavy (non-hydrogen) atoms. The Morgan fingerprint density at radius 3 is 2.50 bits per heavy atom. The Balaban J connectivity index is 2.23. The van der Waals surface area contributed by atoms with Crippen LogP contribution in [0, 0.1) is 0 Å². The van der Waals surface area contributed by atoms with Crippen molar-refractivity contribution < 1.29 is 23.4 Å². The first-order valence-electron chi connectivity index (χ1n) is 6.38. The van der Waals surface area contributed by atoms with E-state index in [2.05, 4.69) is 0 Å². The van der Waals surface area contributed by atoms with Crippen LogP contribution in [0.3, 0.4) is 0 Å². The third kappa shape index (κ3) is 3.00. The number of carbonyl (C=O) groups is 1. The lowest BCUT2D eigenvalue weighted by Gasteiger charge is -2.22. The Labute approximate surface area is 117 Å². The van der Waals surface area contributed by atoms with E-state index in [0.29, 0.717) is 18.5 Å². The van der Waals surface area contributed by atoms with E-state index >= 15 is 0 Å². The van der Waals surface area contributed by atoms with Crippen LogP contribution in [0.4, 0.5) is 0 Å². The molecule has 7 heteroatoms. The first-order chi connectivity index (χ1) is 9.45. The fourth-order valence-electron chi connectivity index (χ4n) is 2.40. The molecule has 0 spiro atoms. The average Bonchev–Trinajstić information content (AvgIpc) is 2.87. The molecule has 2 rings (SSSR count). The number of sulfonamides is 1. The second-order valence-corrected chi connectivity index (χ2v) is 6.70. The van der Waals surface area contributed by atoms with Crippen LogP contribution < -0.4 is 0 Å². The Bertz CT molecular complexity index is 581. The summed E-state index contributed by atoms with van der Waals surface area (Å²) < 4.78 is 26.2. The molecule has 110 valence electrons. The highest BCUT2D eigenvalue weighted by atomic mass is 32.2. The number of aliphatic hydroxyl groups is 1. The minimum atomic E-state index is -3.62. The van der Waals surface area contributed by atoms with Gasteiger partial charge in [-0.15, -0.1) is 0 Å². The van der Waals surface area contributed by atoms with Crippen molar-refractivity contribution >= 4 is 16.0 Å². The maximum Gasteiger partial charge on any atom is 0.307 e. The molecular weight excluding hydrogens is 282 g/mol. The number of benzene rings is 1. The van der Waals surface area contributed by atoms with Crippen LogP contribution in [0.2, 0.25) is 0 Å². The number of carboxylic acids is 1. The fraction of sp³-hybridized carbons (Fsp3) is 0.462. The van der Waals surface area contributed by atoms with Crippen molar-refractivity contribution in [1.82, 2.24) is 4.31 Å². The normalized spacial score (nSPS) is 20.1. The molecule has 1 atom stereocenters. The molecule has 1 saturated heterocycles. The van der Waals surface area contributed by atoms with E-state index in [-0.39, 0.29) is 24.0 Å². The topological polar surface area (TPSA) is 94.9 Å². The van der Waals surface area contributed by atoms with Gasteiger partial charge in [0.2, 0.25) is 10.0 Å². The third-order valence-corrected chi connectivity index (χ3v) is 5.39. The zero-order chi connectivity index (χ0) is 14.8. The van der Waals surface area contributed by atoms with Crippen LogP contribution >= 0.6 is 0 Å². The van der Waals surface area contributed by atoms with Crippen LogP contribution in [0.15, 0.2) is 29.2 Å². The van der Waals surface area contributed by atoms with Crippen LogP contribution in [-0.2, 0) is 21.2 Å². The first kappa shape index (κ1) is 15.0. The van der Waals surface area contributed by atoms with Crippen LogP contribution in [0.5, 0.6) is 0 Å². The number of hydrogen-bond acceptors (Lipinski definition) is 4. The quantitative estimate of drug-likeness (QED) is 0.823. The number of aliphatic carboxylic acids is 1. The Morgan fingerprint density at radius 1 is 1.30 bits per heavy atom. The second-order valence-electron chi connectivity index (χ2n) is 4.81.